The molecular formula is C17H23NO. The highest BCUT2D eigenvalue weighted by atomic mass is 16.5. The summed E-state index contributed by atoms with van der Waals surface area (Å²) in [5.41, 5.74) is 2.45. The van der Waals surface area contributed by atoms with Crippen molar-refractivity contribution in [2.75, 3.05) is 0 Å². The Morgan fingerprint density at radius 2 is 1.74 bits per heavy atom. The minimum absolute atomic E-state index is 0.573. The monoisotopic (exact) mass is 257 g/mol. The van der Waals surface area contributed by atoms with Gasteiger partial charge >= 0.3 is 0 Å². The quantitative estimate of drug-likeness (QED) is 0.778. The largest absolute Gasteiger partial charge is 0.473 e. The van der Waals surface area contributed by atoms with Crippen molar-refractivity contribution < 1.29 is 4.74 Å². The summed E-state index contributed by atoms with van der Waals surface area (Å²) in [6.07, 6.45) is 4.03. The first-order valence-corrected chi connectivity index (χ1v) is 7.00. The molecule has 0 unspecified atom stereocenters. The fourth-order valence-corrected chi connectivity index (χ4v) is 1.71. The summed E-state index contributed by atoms with van der Waals surface area (Å²) >= 11 is 0. The summed E-state index contributed by atoms with van der Waals surface area (Å²) in [6.45, 7) is 6.74. The Morgan fingerprint density at radius 1 is 1.00 bits per heavy atom. The van der Waals surface area contributed by atoms with Crippen molar-refractivity contribution in [1.29, 1.82) is 0 Å². The topological polar surface area (TPSA) is 22.1 Å². The number of benzene rings is 1. The molecule has 0 bridgehead atoms. The van der Waals surface area contributed by atoms with Crippen molar-refractivity contribution in [1.82, 2.24) is 4.98 Å². The summed E-state index contributed by atoms with van der Waals surface area (Å²) in [7, 11) is 0. The van der Waals surface area contributed by atoms with Crippen molar-refractivity contribution >= 4 is 0 Å². The molecule has 0 spiro atoms. The fraction of sp³-hybridized carbons (Fsp3) is 0.353. The summed E-state index contributed by atoms with van der Waals surface area (Å²) in [5, 5.41) is 0. The molecule has 19 heavy (non-hydrogen) atoms. The van der Waals surface area contributed by atoms with E-state index in [2.05, 4.69) is 24.0 Å². The highest BCUT2D eigenvalue weighted by Crippen LogP contribution is 2.12. The van der Waals surface area contributed by atoms with Crippen molar-refractivity contribution in [2.45, 2.75) is 40.2 Å². The molecule has 1 aromatic carbocycles. The molecule has 2 nitrogen and oxygen atoms in total. The molecule has 2 rings (SSSR count). The molecule has 2 heteroatoms. The lowest BCUT2D eigenvalue weighted by Crippen LogP contribution is -1.97. The van der Waals surface area contributed by atoms with Gasteiger partial charge in [-0.3, -0.25) is 0 Å². The maximum absolute atomic E-state index is 5.67. The molecule has 0 aliphatic heterocycles. The Bertz CT molecular complexity index is 454. The predicted octanol–water partition coefficient (Wildman–Crippen LogP) is 4.64. The van der Waals surface area contributed by atoms with Crippen molar-refractivity contribution in [3.8, 4) is 5.88 Å². The number of aromatic nitrogens is 1. The summed E-state index contributed by atoms with van der Waals surface area (Å²) in [4.78, 5) is 4.21. The average molecular weight is 257 g/mol. The van der Waals surface area contributed by atoms with Gasteiger partial charge in [0.05, 0.1) is 0 Å². The van der Waals surface area contributed by atoms with Gasteiger partial charge in [0.15, 0.2) is 0 Å². The number of hydrogen-bond acceptors (Lipinski definition) is 2. The molecule has 0 N–H and O–H groups in total. The van der Waals surface area contributed by atoms with Crippen LogP contribution in [0.1, 0.15) is 38.3 Å². The van der Waals surface area contributed by atoms with Gasteiger partial charge in [-0.25, -0.2) is 4.98 Å². The van der Waals surface area contributed by atoms with E-state index < -0.39 is 0 Å². The number of nitrogens with zero attached hydrogens (tertiary/aromatic N) is 1. The van der Waals surface area contributed by atoms with Crippen LogP contribution >= 0.6 is 0 Å². The first-order chi connectivity index (χ1) is 9.38. The Morgan fingerprint density at radius 3 is 2.42 bits per heavy atom. The van der Waals surface area contributed by atoms with E-state index in [4.69, 9.17) is 4.74 Å². The number of hydrogen-bond donors (Lipinski definition) is 0. The maximum Gasteiger partial charge on any atom is 0.213 e. The van der Waals surface area contributed by atoms with Crippen LogP contribution in [0.4, 0.5) is 0 Å². The second kappa shape index (κ2) is 9.15. The summed E-state index contributed by atoms with van der Waals surface area (Å²) in [5.74, 6) is 0.708. The molecule has 1 heterocycles. The van der Waals surface area contributed by atoms with E-state index in [9.17, 15) is 0 Å². The van der Waals surface area contributed by atoms with Gasteiger partial charge in [0, 0.05) is 12.3 Å². The lowest BCUT2D eigenvalue weighted by molar-refractivity contribution is 0.293. The Balaban J connectivity index is 0.000000861. The van der Waals surface area contributed by atoms with E-state index in [1.54, 1.807) is 0 Å². The lowest BCUT2D eigenvalue weighted by Gasteiger charge is -2.06. The first kappa shape index (κ1) is 15.2. The SMILES string of the molecule is CC.CCCc1ccnc(OCc2ccccc2)c1. The minimum Gasteiger partial charge on any atom is -0.473 e. The van der Waals surface area contributed by atoms with Crippen LogP contribution in [0.2, 0.25) is 0 Å². The van der Waals surface area contributed by atoms with Crippen LogP contribution in [0.25, 0.3) is 0 Å². The third-order valence-corrected chi connectivity index (χ3v) is 2.57. The zero-order chi connectivity index (χ0) is 13.9. The summed E-state index contributed by atoms with van der Waals surface area (Å²) in [6, 6.07) is 14.2. The van der Waals surface area contributed by atoms with E-state index in [1.165, 1.54) is 5.56 Å². The molecule has 0 radical (unpaired) electrons. The van der Waals surface area contributed by atoms with E-state index in [-0.39, 0.29) is 0 Å². The molecule has 0 fully saturated rings. The molecular weight excluding hydrogens is 234 g/mol. The molecule has 102 valence electrons. The van der Waals surface area contributed by atoms with Crippen LogP contribution in [-0.2, 0) is 13.0 Å². The average Bonchev–Trinajstić information content (AvgIpc) is 2.49. The maximum atomic E-state index is 5.67. The molecule has 1 aromatic heterocycles. The van der Waals surface area contributed by atoms with Crippen molar-refractivity contribution in [2.24, 2.45) is 0 Å². The lowest BCUT2D eigenvalue weighted by atomic mass is 10.1. The third kappa shape index (κ3) is 5.56. The van der Waals surface area contributed by atoms with E-state index >= 15 is 0 Å². The van der Waals surface area contributed by atoms with Gasteiger partial charge in [-0.15, -0.1) is 0 Å². The van der Waals surface area contributed by atoms with E-state index in [0.29, 0.717) is 12.5 Å². The molecule has 0 saturated heterocycles. The van der Waals surface area contributed by atoms with Gasteiger partial charge in [-0.1, -0.05) is 57.5 Å². The highest BCUT2D eigenvalue weighted by molar-refractivity contribution is 5.21. The van der Waals surface area contributed by atoms with Gasteiger partial charge < -0.3 is 4.74 Å². The van der Waals surface area contributed by atoms with E-state index in [1.807, 2.05) is 50.4 Å². The molecule has 0 atom stereocenters. The zero-order valence-corrected chi connectivity index (χ0v) is 12.1. The van der Waals surface area contributed by atoms with Crippen molar-refractivity contribution in [3.05, 3.63) is 59.8 Å². The minimum atomic E-state index is 0.573. The number of ether oxygens (including phenoxy) is 1. The standard InChI is InChI=1S/C15H17NO.C2H6/c1-2-6-13-9-10-16-15(11-13)17-12-14-7-4-3-5-8-14;1-2/h3-5,7-11H,2,6,12H2,1H3;1-2H3. The third-order valence-electron chi connectivity index (χ3n) is 2.57. The van der Waals surface area contributed by atoms with Crippen LogP contribution < -0.4 is 4.74 Å². The summed E-state index contributed by atoms with van der Waals surface area (Å²) < 4.78 is 5.67. The van der Waals surface area contributed by atoms with Crippen molar-refractivity contribution in [3.63, 3.8) is 0 Å². The highest BCUT2D eigenvalue weighted by Gasteiger charge is 1.98. The molecule has 0 saturated carbocycles. The Hall–Kier alpha value is -1.83. The van der Waals surface area contributed by atoms with Gasteiger partial charge in [0.1, 0.15) is 6.61 Å². The second-order valence-electron chi connectivity index (χ2n) is 4.03. The van der Waals surface area contributed by atoms with Gasteiger partial charge in [0.2, 0.25) is 5.88 Å². The number of rotatable bonds is 5. The predicted molar refractivity (Wildman–Crippen MR) is 80.4 cm³/mol. The van der Waals surface area contributed by atoms with Gasteiger partial charge in [0.25, 0.3) is 0 Å². The van der Waals surface area contributed by atoms with Crippen LogP contribution in [0.15, 0.2) is 48.7 Å². The molecule has 0 aliphatic rings. The van der Waals surface area contributed by atoms with Gasteiger partial charge in [-0.2, -0.15) is 0 Å². The number of aryl methyl sites for hydroxylation is 1. The van der Waals surface area contributed by atoms with Crippen LogP contribution in [0.3, 0.4) is 0 Å². The normalized spacial score (nSPS) is 9.42. The first-order valence-electron chi connectivity index (χ1n) is 7.00. The van der Waals surface area contributed by atoms with Crippen LogP contribution in [-0.4, -0.2) is 4.98 Å². The fourth-order valence-electron chi connectivity index (χ4n) is 1.71. The Kier molecular flexibility index (Phi) is 7.33. The second-order valence-corrected chi connectivity index (χ2v) is 4.03. The smallest absolute Gasteiger partial charge is 0.213 e. The van der Waals surface area contributed by atoms with Crippen LogP contribution in [0.5, 0.6) is 5.88 Å². The molecule has 2 aromatic rings. The molecule has 0 aliphatic carbocycles. The van der Waals surface area contributed by atoms with Crippen LogP contribution in [0, 0.1) is 0 Å². The number of pyridine rings is 1. The van der Waals surface area contributed by atoms with Gasteiger partial charge in [-0.05, 0) is 23.6 Å². The zero-order valence-electron chi connectivity index (χ0n) is 12.1. The van der Waals surface area contributed by atoms with E-state index in [0.717, 1.165) is 18.4 Å². The Labute approximate surface area is 116 Å². The molecule has 0 amide bonds.